The zero-order chi connectivity index (χ0) is 23.7. The summed E-state index contributed by atoms with van der Waals surface area (Å²) in [6.45, 7) is 1.35. The minimum atomic E-state index is -0.837. The number of halogens is 1. The van der Waals surface area contributed by atoms with Crippen LogP contribution in [0.25, 0.3) is 22.0 Å². The molecule has 0 unspecified atom stereocenters. The summed E-state index contributed by atoms with van der Waals surface area (Å²) in [6.07, 6.45) is -0.0841. The molecule has 3 aromatic carbocycles. The first-order valence-electron chi connectivity index (χ1n) is 11.5. The molecule has 5 rings (SSSR count). The Hall–Kier alpha value is -3.93. The van der Waals surface area contributed by atoms with Crippen molar-refractivity contribution in [3.05, 3.63) is 95.7 Å². The standard InChI is InChI=1S/C28H27FN4O/c29-24-12-14-32(15-13-24)28(34)26-16-22-10-11-23(27(30)31)17-25(22)33(26)18-19-6-8-21(9-7-19)20-4-2-1-3-5-20/h1-11,16-17,24H,12-15,18H2,(H3,30,31). The molecule has 34 heavy (non-hydrogen) atoms. The lowest BCUT2D eigenvalue weighted by Gasteiger charge is -2.29. The molecule has 0 saturated carbocycles. The predicted octanol–water partition coefficient (Wildman–Crippen LogP) is 5.21. The monoisotopic (exact) mass is 454 g/mol. The van der Waals surface area contributed by atoms with Crippen LogP contribution in [0.4, 0.5) is 4.39 Å². The van der Waals surface area contributed by atoms with E-state index < -0.39 is 6.17 Å². The second-order valence-corrected chi connectivity index (χ2v) is 8.83. The van der Waals surface area contributed by atoms with Crippen LogP contribution in [0.1, 0.15) is 34.5 Å². The molecular weight excluding hydrogens is 427 g/mol. The molecule has 5 nitrogen and oxygen atoms in total. The normalized spacial score (nSPS) is 14.4. The Morgan fingerprint density at radius 2 is 1.62 bits per heavy atom. The molecule has 172 valence electrons. The number of aromatic nitrogens is 1. The van der Waals surface area contributed by atoms with Gasteiger partial charge in [-0.1, -0.05) is 66.7 Å². The van der Waals surface area contributed by atoms with Crippen molar-refractivity contribution < 1.29 is 9.18 Å². The number of hydrogen-bond donors (Lipinski definition) is 2. The second-order valence-electron chi connectivity index (χ2n) is 8.83. The Kier molecular flexibility index (Phi) is 5.88. The van der Waals surface area contributed by atoms with E-state index in [0.717, 1.165) is 27.6 Å². The van der Waals surface area contributed by atoms with Crippen LogP contribution in [0.5, 0.6) is 0 Å². The topological polar surface area (TPSA) is 75.1 Å². The van der Waals surface area contributed by atoms with E-state index >= 15 is 0 Å². The van der Waals surface area contributed by atoms with Gasteiger partial charge in [-0.15, -0.1) is 0 Å². The fraction of sp³-hybridized carbons (Fsp3) is 0.214. The van der Waals surface area contributed by atoms with Crippen molar-refractivity contribution in [2.75, 3.05) is 13.1 Å². The molecule has 1 amide bonds. The van der Waals surface area contributed by atoms with Gasteiger partial charge in [-0.05, 0) is 41.7 Å². The quantitative estimate of drug-likeness (QED) is 0.321. The van der Waals surface area contributed by atoms with Gasteiger partial charge in [0.15, 0.2) is 0 Å². The van der Waals surface area contributed by atoms with Crippen molar-refractivity contribution in [1.82, 2.24) is 9.47 Å². The fourth-order valence-electron chi connectivity index (χ4n) is 4.60. The van der Waals surface area contributed by atoms with Crippen LogP contribution >= 0.6 is 0 Å². The maximum atomic E-state index is 13.7. The number of amidine groups is 1. The number of amides is 1. The minimum Gasteiger partial charge on any atom is -0.384 e. The fourth-order valence-corrected chi connectivity index (χ4v) is 4.60. The van der Waals surface area contributed by atoms with E-state index in [0.29, 0.717) is 43.7 Å². The van der Waals surface area contributed by atoms with Gasteiger partial charge in [-0.2, -0.15) is 0 Å². The maximum absolute atomic E-state index is 13.7. The van der Waals surface area contributed by atoms with Crippen molar-refractivity contribution in [3.63, 3.8) is 0 Å². The zero-order valence-electron chi connectivity index (χ0n) is 18.9. The average Bonchev–Trinajstić information content (AvgIpc) is 3.22. The SMILES string of the molecule is N=C(N)c1ccc2cc(C(=O)N3CCC(F)CC3)n(Cc3ccc(-c4ccccc4)cc3)c2c1. The molecule has 0 radical (unpaired) electrons. The van der Waals surface area contributed by atoms with Crippen LogP contribution in [0.3, 0.4) is 0 Å². The molecule has 1 fully saturated rings. The molecule has 0 bridgehead atoms. The first-order valence-corrected chi connectivity index (χ1v) is 11.5. The smallest absolute Gasteiger partial charge is 0.270 e. The molecule has 1 aliphatic rings. The van der Waals surface area contributed by atoms with Crippen molar-refractivity contribution in [2.45, 2.75) is 25.6 Å². The van der Waals surface area contributed by atoms with Crippen molar-refractivity contribution in [2.24, 2.45) is 5.73 Å². The molecule has 3 N–H and O–H groups in total. The lowest BCUT2D eigenvalue weighted by Crippen LogP contribution is -2.39. The van der Waals surface area contributed by atoms with Crippen LogP contribution in [0.2, 0.25) is 0 Å². The van der Waals surface area contributed by atoms with Crippen LogP contribution in [0, 0.1) is 5.41 Å². The number of alkyl halides is 1. The number of piperidine rings is 1. The number of likely N-dealkylation sites (tertiary alicyclic amines) is 1. The number of rotatable bonds is 5. The van der Waals surface area contributed by atoms with Gasteiger partial charge in [0.2, 0.25) is 0 Å². The first-order chi connectivity index (χ1) is 16.5. The minimum absolute atomic E-state index is 0.0141. The van der Waals surface area contributed by atoms with Crippen LogP contribution < -0.4 is 5.73 Å². The molecule has 0 spiro atoms. The summed E-state index contributed by atoms with van der Waals surface area (Å²) in [5.74, 6) is -0.104. The molecule has 1 saturated heterocycles. The molecule has 4 aromatic rings. The number of nitrogens with one attached hydrogen (secondary N) is 1. The lowest BCUT2D eigenvalue weighted by molar-refractivity contribution is 0.0657. The summed E-state index contributed by atoms with van der Waals surface area (Å²) < 4.78 is 15.6. The molecule has 0 atom stereocenters. The number of nitrogens with two attached hydrogens (primary N) is 1. The van der Waals surface area contributed by atoms with Crippen LogP contribution in [-0.4, -0.2) is 40.5 Å². The van der Waals surface area contributed by atoms with Gasteiger partial charge in [0.05, 0.1) is 0 Å². The van der Waals surface area contributed by atoms with Crippen molar-refractivity contribution in [3.8, 4) is 11.1 Å². The Morgan fingerprint density at radius 1 is 0.941 bits per heavy atom. The van der Waals surface area contributed by atoms with E-state index in [2.05, 4.69) is 36.4 Å². The Balaban J connectivity index is 1.52. The Bertz CT molecular complexity index is 1340. The summed E-state index contributed by atoms with van der Waals surface area (Å²) >= 11 is 0. The average molecular weight is 455 g/mol. The van der Waals surface area contributed by atoms with Gasteiger partial charge in [-0.3, -0.25) is 10.2 Å². The van der Waals surface area contributed by atoms with E-state index in [9.17, 15) is 9.18 Å². The summed E-state index contributed by atoms with van der Waals surface area (Å²) in [5, 5.41) is 8.75. The number of benzene rings is 3. The molecule has 1 aliphatic heterocycles. The molecule has 1 aromatic heterocycles. The molecule has 6 heteroatoms. The molecule has 2 heterocycles. The van der Waals surface area contributed by atoms with Crippen molar-refractivity contribution in [1.29, 1.82) is 5.41 Å². The largest absolute Gasteiger partial charge is 0.384 e. The predicted molar refractivity (Wildman–Crippen MR) is 134 cm³/mol. The van der Waals surface area contributed by atoms with Gasteiger partial charge in [0, 0.05) is 36.1 Å². The van der Waals surface area contributed by atoms with Gasteiger partial charge in [-0.25, -0.2) is 4.39 Å². The number of carbonyl (C=O) groups excluding carboxylic acids is 1. The van der Waals surface area contributed by atoms with E-state index in [4.69, 9.17) is 11.1 Å². The highest BCUT2D eigenvalue weighted by atomic mass is 19.1. The summed E-state index contributed by atoms with van der Waals surface area (Å²) in [6, 6.07) is 26.0. The van der Waals surface area contributed by atoms with E-state index in [1.807, 2.05) is 41.0 Å². The Morgan fingerprint density at radius 3 is 2.29 bits per heavy atom. The third-order valence-corrected chi connectivity index (χ3v) is 6.55. The number of nitrogens with zero attached hydrogens (tertiary/aromatic N) is 2. The zero-order valence-corrected chi connectivity index (χ0v) is 18.9. The molecule has 0 aliphatic carbocycles. The third-order valence-electron chi connectivity index (χ3n) is 6.55. The number of carbonyl (C=O) groups is 1. The van der Waals surface area contributed by atoms with Crippen LogP contribution in [0.15, 0.2) is 78.9 Å². The highest BCUT2D eigenvalue weighted by Crippen LogP contribution is 2.26. The van der Waals surface area contributed by atoms with Gasteiger partial charge in [0.1, 0.15) is 17.7 Å². The van der Waals surface area contributed by atoms with Crippen molar-refractivity contribution >= 4 is 22.6 Å². The first kappa shape index (κ1) is 21.9. The third kappa shape index (κ3) is 4.31. The number of hydrogen-bond acceptors (Lipinski definition) is 2. The maximum Gasteiger partial charge on any atom is 0.270 e. The summed E-state index contributed by atoms with van der Waals surface area (Å²) in [5.41, 5.74) is 11.1. The number of nitrogen functional groups attached to an aromatic ring is 1. The second kappa shape index (κ2) is 9.14. The van der Waals surface area contributed by atoms with Gasteiger partial charge >= 0.3 is 0 Å². The summed E-state index contributed by atoms with van der Waals surface area (Å²) in [4.78, 5) is 15.2. The van der Waals surface area contributed by atoms with Gasteiger partial charge < -0.3 is 15.2 Å². The van der Waals surface area contributed by atoms with E-state index in [1.165, 1.54) is 0 Å². The van der Waals surface area contributed by atoms with E-state index in [1.54, 1.807) is 11.0 Å². The van der Waals surface area contributed by atoms with Gasteiger partial charge in [0.25, 0.3) is 5.91 Å². The highest BCUT2D eigenvalue weighted by Gasteiger charge is 2.26. The lowest BCUT2D eigenvalue weighted by atomic mass is 10.0. The van der Waals surface area contributed by atoms with Crippen LogP contribution in [-0.2, 0) is 6.54 Å². The highest BCUT2D eigenvalue weighted by molar-refractivity contribution is 6.02. The Labute approximate surface area is 198 Å². The molecular formula is C28H27FN4O. The number of fused-ring (bicyclic) bond motifs is 1. The van der Waals surface area contributed by atoms with E-state index in [-0.39, 0.29) is 11.7 Å². The summed E-state index contributed by atoms with van der Waals surface area (Å²) in [7, 11) is 0.